The first-order valence-electron chi connectivity index (χ1n) is 5.09. The third-order valence-electron chi connectivity index (χ3n) is 1.76. The molecule has 1 aromatic rings. The highest BCUT2D eigenvalue weighted by atomic mass is 16.2. The number of carbonyl (C=O) groups excluding carboxylic acids is 1. The highest BCUT2D eigenvalue weighted by Crippen LogP contribution is 2.12. The SMILES string of the molecule is CC.CCN(C(C)=O)c1ccccc1. The van der Waals surface area contributed by atoms with Crippen LogP contribution in [0.2, 0.25) is 0 Å². The average Bonchev–Trinajstić information content (AvgIpc) is 2.23. The van der Waals surface area contributed by atoms with Crippen molar-refractivity contribution in [2.75, 3.05) is 11.4 Å². The molecule has 0 aliphatic rings. The van der Waals surface area contributed by atoms with Gasteiger partial charge < -0.3 is 4.90 Å². The van der Waals surface area contributed by atoms with Crippen LogP contribution in [0.1, 0.15) is 27.7 Å². The number of para-hydroxylation sites is 1. The van der Waals surface area contributed by atoms with E-state index in [1.165, 1.54) is 0 Å². The van der Waals surface area contributed by atoms with Crippen molar-refractivity contribution in [1.29, 1.82) is 0 Å². The minimum absolute atomic E-state index is 0.0868. The average molecular weight is 193 g/mol. The Balaban J connectivity index is 0.000000791. The molecule has 0 heterocycles. The van der Waals surface area contributed by atoms with E-state index in [0.29, 0.717) is 0 Å². The van der Waals surface area contributed by atoms with Gasteiger partial charge in [-0.05, 0) is 19.1 Å². The maximum absolute atomic E-state index is 11.1. The van der Waals surface area contributed by atoms with Gasteiger partial charge in [0.2, 0.25) is 5.91 Å². The fraction of sp³-hybridized carbons (Fsp3) is 0.417. The molecule has 0 bridgehead atoms. The summed E-state index contributed by atoms with van der Waals surface area (Å²) in [6.07, 6.45) is 0. The highest BCUT2D eigenvalue weighted by Gasteiger charge is 2.06. The molecule has 0 aliphatic carbocycles. The van der Waals surface area contributed by atoms with Crippen LogP contribution in [0.4, 0.5) is 5.69 Å². The molecule has 0 fully saturated rings. The molecule has 2 heteroatoms. The number of nitrogens with zero attached hydrogens (tertiary/aromatic N) is 1. The van der Waals surface area contributed by atoms with Crippen molar-refractivity contribution in [3.05, 3.63) is 30.3 Å². The first-order chi connectivity index (χ1) is 6.75. The van der Waals surface area contributed by atoms with Crippen LogP contribution in [0.3, 0.4) is 0 Å². The van der Waals surface area contributed by atoms with Gasteiger partial charge >= 0.3 is 0 Å². The second-order valence-electron chi connectivity index (χ2n) is 2.60. The van der Waals surface area contributed by atoms with Gasteiger partial charge in [-0.1, -0.05) is 32.0 Å². The molecule has 2 nitrogen and oxygen atoms in total. The number of hydrogen-bond acceptors (Lipinski definition) is 1. The minimum atomic E-state index is 0.0868. The smallest absolute Gasteiger partial charge is 0.223 e. The second kappa shape index (κ2) is 7.13. The van der Waals surface area contributed by atoms with Crippen LogP contribution in [-0.4, -0.2) is 12.5 Å². The molecule has 0 aromatic heterocycles. The Kier molecular flexibility index (Phi) is 6.46. The zero-order valence-corrected chi connectivity index (χ0v) is 9.45. The van der Waals surface area contributed by atoms with Crippen LogP contribution in [0, 0.1) is 0 Å². The highest BCUT2D eigenvalue weighted by molar-refractivity contribution is 5.91. The van der Waals surface area contributed by atoms with E-state index in [9.17, 15) is 4.79 Å². The Labute approximate surface area is 86.5 Å². The molecule has 0 unspecified atom stereocenters. The quantitative estimate of drug-likeness (QED) is 0.706. The first kappa shape index (κ1) is 12.7. The maximum Gasteiger partial charge on any atom is 0.223 e. The van der Waals surface area contributed by atoms with Crippen LogP contribution in [0.15, 0.2) is 30.3 Å². The number of carbonyl (C=O) groups is 1. The zero-order chi connectivity index (χ0) is 11.0. The van der Waals surface area contributed by atoms with Gasteiger partial charge in [0.25, 0.3) is 0 Å². The van der Waals surface area contributed by atoms with Gasteiger partial charge in [-0.15, -0.1) is 0 Å². The molecule has 1 amide bonds. The summed E-state index contributed by atoms with van der Waals surface area (Å²) >= 11 is 0. The Morgan fingerprint density at radius 1 is 1.21 bits per heavy atom. The molecular weight excluding hydrogens is 174 g/mol. The molecule has 0 saturated carbocycles. The summed E-state index contributed by atoms with van der Waals surface area (Å²) in [4.78, 5) is 12.8. The zero-order valence-electron chi connectivity index (χ0n) is 9.45. The van der Waals surface area contributed by atoms with Gasteiger partial charge in [0, 0.05) is 19.2 Å². The van der Waals surface area contributed by atoms with Gasteiger partial charge in [0.05, 0.1) is 0 Å². The third-order valence-corrected chi connectivity index (χ3v) is 1.76. The first-order valence-corrected chi connectivity index (χ1v) is 5.09. The van der Waals surface area contributed by atoms with Crippen molar-refractivity contribution in [2.24, 2.45) is 0 Å². The number of amides is 1. The summed E-state index contributed by atoms with van der Waals surface area (Å²) in [5.41, 5.74) is 0.965. The molecule has 0 N–H and O–H groups in total. The number of hydrogen-bond donors (Lipinski definition) is 0. The standard InChI is InChI=1S/C10H13NO.C2H6/c1-3-11(9(2)12)10-7-5-4-6-8-10;1-2/h4-8H,3H2,1-2H3;1-2H3. The lowest BCUT2D eigenvalue weighted by molar-refractivity contribution is -0.116. The Hall–Kier alpha value is -1.31. The van der Waals surface area contributed by atoms with Crippen LogP contribution in [0.5, 0.6) is 0 Å². The van der Waals surface area contributed by atoms with E-state index < -0.39 is 0 Å². The number of anilines is 1. The predicted octanol–water partition coefficient (Wildman–Crippen LogP) is 3.09. The molecule has 0 radical (unpaired) electrons. The summed E-state index contributed by atoms with van der Waals surface area (Å²) in [5.74, 6) is 0.0868. The van der Waals surface area contributed by atoms with Gasteiger partial charge in [0.15, 0.2) is 0 Å². The van der Waals surface area contributed by atoms with E-state index in [2.05, 4.69) is 0 Å². The second-order valence-corrected chi connectivity index (χ2v) is 2.60. The molecule has 0 spiro atoms. The molecule has 1 aromatic carbocycles. The van der Waals surface area contributed by atoms with Crippen molar-refractivity contribution in [3.63, 3.8) is 0 Å². The Bertz CT molecular complexity index is 256. The molecule has 14 heavy (non-hydrogen) atoms. The topological polar surface area (TPSA) is 20.3 Å². The fourth-order valence-corrected chi connectivity index (χ4v) is 1.19. The van der Waals surface area contributed by atoms with Crippen molar-refractivity contribution in [3.8, 4) is 0 Å². The van der Waals surface area contributed by atoms with Crippen LogP contribution in [0.25, 0.3) is 0 Å². The lowest BCUT2D eigenvalue weighted by Gasteiger charge is -2.18. The van der Waals surface area contributed by atoms with E-state index in [0.717, 1.165) is 12.2 Å². The molecular formula is C12H19NO. The molecule has 1 rings (SSSR count). The predicted molar refractivity (Wildman–Crippen MR) is 61.5 cm³/mol. The normalized spacial score (nSPS) is 8.57. The van der Waals surface area contributed by atoms with Crippen molar-refractivity contribution in [2.45, 2.75) is 27.7 Å². The van der Waals surface area contributed by atoms with Gasteiger partial charge in [0.1, 0.15) is 0 Å². The van der Waals surface area contributed by atoms with E-state index in [-0.39, 0.29) is 5.91 Å². The van der Waals surface area contributed by atoms with Crippen molar-refractivity contribution in [1.82, 2.24) is 0 Å². The molecule has 0 saturated heterocycles. The minimum Gasteiger partial charge on any atom is -0.313 e. The van der Waals surface area contributed by atoms with E-state index in [1.807, 2.05) is 51.1 Å². The van der Waals surface area contributed by atoms with E-state index in [4.69, 9.17) is 0 Å². The lowest BCUT2D eigenvalue weighted by atomic mass is 10.3. The number of rotatable bonds is 2. The van der Waals surface area contributed by atoms with Crippen molar-refractivity contribution >= 4 is 11.6 Å². The van der Waals surface area contributed by atoms with Crippen LogP contribution >= 0.6 is 0 Å². The summed E-state index contributed by atoms with van der Waals surface area (Å²) in [6, 6.07) is 9.68. The fourth-order valence-electron chi connectivity index (χ4n) is 1.19. The summed E-state index contributed by atoms with van der Waals surface area (Å²) in [5, 5.41) is 0. The largest absolute Gasteiger partial charge is 0.313 e. The van der Waals surface area contributed by atoms with Crippen molar-refractivity contribution < 1.29 is 4.79 Å². The Morgan fingerprint density at radius 3 is 2.07 bits per heavy atom. The van der Waals surface area contributed by atoms with E-state index in [1.54, 1.807) is 11.8 Å². The number of benzene rings is 1. The molecule has 78 valence electrons. The molecule has 0 aliphatic heterocycles. The third kappa shape index (κ3) is 3.60. The van der Waals surface area contributed by atoms with Gasteiger partial charge in [-0.25, -0.2) is 0 Å². The van der Waals surface area contributed by atoms with Crippen LogP contribution < -0.4 is 4.90 Å². The maximum atomic E-state index is 11.1. The van der Waals surface area contributed by atoms with Crippen LogP contribution in [-0.2, 0) is 4.79 Å². The van der Waals surface area contributed by atoms with E-state index >= 15 is 0 Å². The van der Waals surface area contributed by atoms with Gasteiger partial charge in [-0.2, -0.15) is 0 Å². The summed E-state index contributed by atoms with van der Waals surface area (Å²) < 4.78 is 0. The lowest BCUT2D eigenvalue weighted by Crippen LogP contribution is -2.27. The van der Waals surface area contributed by atoms with Gasteiger partial charge in [-0.3, -0.25) is 4.79 Å². The summed E-state index contributed by atoms with van der Waals surface area (Å²) in [7, 11) is 0. The summed E-state index contributed by atoms with van der Waals surface area (Å²) in [6.45, 7) is 8.27. The molecule has 0 atom stereocenters. The monoisotopic (exact) mass is 193 g/mol. The Morgan fingerprint density at radius 2 is 1.71 bits per heavy atom.